The normalized spacial score (nSPS) is 12.5. The predicted molar refractivity (Wildman–Crippen MR) is 92.7 cm³/mol. The monoisotopic (exact) mass is 336 g/mol. The van der Waals surface area contributed by atoms with Crippen molar-refractivity contribution in [1.82, 2.24) is 0 Å². The molecule has 1 heterocycles. The molecule has 0 aromatic heterocycles. The summed E-state index contributed by atoms with van der Waals surface area (Å²) in [7, 11) is 0. The molecule has 0 atom stereocenters. The van der Waals surface area contributed by atoms with Crippen LogP contribution < -0.4 is 9.47 Å². The van der Waals surface area contributed by atoms with Gasteiger partial charge >= 0.3 is 0 Å². The number of hydrogen-bond donors (Lipinski definition) is 0. The lowest BCUT2D eigenvalue weighted by Gasteiger charge is -2.11. The molecule has 24 heavy (non-hydrogen) atoms. The van der Waals surface area contributed by atoms with E-state index in [2.05, 4.69) is 13.5 Å². The van der Waals surface area contributed by atoms with Crippen LogP contribution in [0.3, 0.4) is 0 Å². The summed E-state index contributed by atoms with van der Waals surface area (Å²) in [6, 6.07) is 4.00. The topological polar surface area (TPSA) is 46.2 Å². The van der Waals surface area contributed by atoms with Crippen LogP contribution in [0.15, 0.2) is 24.8 Å². The first-order valence-electron chi connectivity index (χ1n) is 8.60. The number of fused-ring (bicyclic) bond motifs is 1. The van der Waals surface area contributed by atoms with Crippen molar-refractivity contribution >= 4 is 0 Å². The van der Waals surface area contributed by atoms with Gasteiger partial charge in [-0.15, -0.1) is 6.58 Å². The number of rotatable bonds is 13. The molecular formula is C19H28O5. The highest BCUT2D eigenvalue weighted by atomic mass is 16.7. The summed E-state index contributed by atoms with van der Waals surface area (Å²) < 4.78 is 27.5. The Morgan fingerprint density at radius 3 is 2.25 bits per heavy atom. The van der Waals surface area contributed by atoms with Gasteiger partial charge in [0.15, 0.2) is 11.5 Å². The van der Waals surface area contributed by atoms with Gasteiger partial charge in [-0.1, -0.05) is 19.4 Å². The maximum atomic E-state index is 5.72. The van der Waals surface area contributed by atoms with Crippen LogP contribution in [0.25, 0.3) is 0 Å². The van der Waals surface area contributed by atoms with E-state index in [9.17, 15) is 0 Å². The fraction of sp³-hybridized carbons (Fsp3) is 0.579. The summed E-state index contributed by atoms with van der Waals surface area (Å²) in [5, 5.41) is 0. The predicted octanol–water partition coefficient (Wildman–Crippen LogP) is 3.49. The van der Waals surface area contributed by atoms with Crippen molar-refractivity contribution in [1.29, 1.82) is 0 Å². The summed E-state index contributed by atoms with van der Waals surface area (Å²) in [5.41, 5.74) is 2.25. The standard InChI is InChI=1S/C19H28O5/c1-3-5-7-20-8-9-21-10-11-22-14-17-13-19-18(23-15-24-19)12-16(17)6-4-2/h4,12-13H,2-3,5-11,14-15H2,1H3. The second kappa shape index (κ2) is 11.1. The van der Waals surface area contributed by atoms with Gasteiger partial charge in [-0.3, -0.25) is 0 Å². The van der Waals surface area contributed by atoms with Gasteiger partial charge in [-0.2, -0.15) is 0 Å². The van der Waals surface area contributed by atoms with E-state index < -0.39 is 0 Å². The Balaban J connectivity index is 1.64. The highest BCUT2D eigenvalue weighted by molar-refractivity contribution is 5.49. The Labute approximate surface area is 144 Å². The van der Waals surface area contributed by atoms with E-state index >= 15 is 0 Å². The molecule has 134 valence electrons. The Morgan fingerprint density at radius 2 is 1.58 bits per heavy atom. The molecule has 1 aliphatic rings. The van der Waals surface area contributed by atoms with Gasteiger partial charge in [-0.05, 0) is 36.1 Å². The van der Waals surface area contributed by atoms with Crippen molar-refractivity contribution in [2.75, 3.05) is 39.8 Å². The van der Waals surface area contributed by atoms with Gasteiger partial charge in [0.25, 0.3) is 0 Å². The van der Waals surface area contributed by atoms with Crippen LogP contribution in [0.1, 0.15) is 30.9 Å². The zero-order valence-corrected chi connectivity index (χ0v) is 14.6. The average molecular weight is 336 g/mol. The second-order valence-electron chi connectivity index (χ2n) is 5.60. The molecule has 0 fully saturated rings. The Morgan fingerprint density at radius 1 is 0.958 bits per heavy atom. The summed E-state index contributed by atoms with van der Waals surface area (Å²) in [6.07, 6.45) is 4.91. The largest absolute Gasteiger partial charge is 0.454 e. The van der Waals surface area contributed by atoms with Gasteiger partial charge < -0.3 is 23.7 Å². The van der Waals surface area contributed by atoms with Gasteiger partial charge in [-0.25, -0.2) is 0 Å². The third-order valence-corrected chi connectivity index (χ3v) is 3.70. The van der Waals surface area contributed by atoms with Gasteiger partial charge in [0.1, 0.15) is 0 Å². The Bertz CT molecular complexity index is 501. The Kier molecular flexibility index (Phi) is 8.66. The van der Waals surface area contributed by atoms with E-state index in [0.29, 0.717) is 33.0 Å². The fourth-order valence-corrected chi connectivity index (χ4v) is 2.37. The molecule has 0 N–H and O–H groups in total. The van der Waals surface area contributed by atoms with Gasteiger partial charge in [0.05, 0.1) is 33.0 Å². The van der Waals surface area contributed by atoms with Crippen molar-refractivity contribution in [3.8, 4) is 11.5 Å². The summed E-state index contributed by atoms with van der Waals surface area (Å²) in [4.78, 5) is 0. The minimum Gasteiger partial charge on any atom is -0.454 e. The molecule has 0 bridgehead atoms. The summed E-state index contributed by atoms with van der Waals surface area (Å²) in [5.74, 6) is 1.57. The van der Waals surface area contributed by atoms with Crippen LogP contribution in [-0.2, 0) is 27.2 Å². The van der Waals surface area contributed by atoms with Crippen molar-refractivity contribution in [3.63, 3.8) is 0 Å². The van der Waals surface area contributed by atoms with Gasteiger partial charge in [0, 0.05) is 6.61 Å². The maximum Gasteiger partial charge on any atom is 0.231 e. The van der Waals surface area contributed by atoms with E-state index in [0.717, 1.165) is 48.5 Å². The third kappa shape index (κ3) is 6.15. The summed E-state index contributed by atoms with van der Waals surface area (Å²) >= 11 is 0. The molecule has 2 rings (SSSR count). The second-order valence-corrected chi connectivity index (χ2v) is 5.60. The first-order valence-corrected chi connectivity index (χ1v) is 8.60. The molecule has 0 unspecified atom stereocenters. The van der Waals surface area contributed by atoms with Crippen LogP contribution in [0, 0.1) is 0 Å². The third-order valence-electron chi connectivity index (χ3n) is 3.70. The van der Waals surface area contributed by atoms with E-state index in [1.54, 1.807) is 0 Å². The van der Waals surface area contributed by atoms with Crippen molar-refractivity contribution in [3.05, 3.63) is 35.9 Å². The SMILES string of the molecule is C=CCc1cc2c(cc1COCCOCCOCCCC)OCO2. The molecular weight excluding hydrogens is 308 g/mol. The zero-order chi connectivity index (χ0) is 17.0. The average Bonchev–Trinajstić information content (AvgIpc) is 3.04. The zero-order valence-electron chi connectivity index (χ0n) is 14.6. The van der Waals surface area contributed by atoms with Crippen molar-refractivity contribution < 1.29 is 23.7 Å². The molecule has 0 aliphatic carbocycles. The van der Waals surface area contributed by atoms with Crippen molar-refractivity contribution in [2.45, 2.75) is 32.8 Å². The lowest BCUT2D eigenvalue weighted by atomic mass is 10.0. The van der Waals surface area contributed by atoms with Crippen molar-refractivity contribution in [2.24, 2.45) is 0 Å². The number of allylic oxidation sites excluding steroid dienone is 1. The molecule has 0 saturated heterocycles. The van der Waals surface area contributed by atoms with Crippen LogP contribution in [0.5, 0.6) is 11.5 Å². The molecule has 1 aromatic rings. The molecule has 5 nitrogen and oxygen atoms in total. The minimum absolute atomic E-state index is 0.279. The number of ether oxygens (including phenoxy) is 5. The quantitative estimate of drug-likeness (QED) is 0.407. The van der Waals surface area contributed by atoms with E-state index in [1.165, 1.54) is 0 Å². The van der Waals surface area contributed by atoms with Crippen LogP contribution >= 0.6 is 0 Å². The van der Waals surface area contributed by atoms with Crippen LogP contribution in [0.4, 0.5) is 0 Å². The fourth-order valence-electron chi connectivity index (χ4n) is 2.37. The number of benzene rings is 1. The lowest BCUT2D eigenvalue weighted by molar-refractivity contribution is 0.0101. The highest BCUT2D eigenvalue weighted by Gasteiger charge is 2.16. The maximum absolute atomic E-state index is 5.72. The molecule has 0 amide bonds. The molecule has 0 saturated carbocycles. The molecule has 5 heteroatoms. The molecule has 1 aromatic carbocycles. The molecule has 0 radical (unpaired) electrons. The first kappa shape index (κ1) is 18.8. The number of unbranched alkanes of at least 4 members (excludes halogenated alkanes) is 1. The lowest BCUT2D eigenvalue weighted by Crippen LogP contribution is -2.10. The Hall–Kier alpha value is -1.56. The van der Waals surface area contributed by atoms with E-state index in [4.69, 9.17) is 23.7 Å². The van der Waals surface area contributed by atoms with E-state index in [1.807, 2.05) is 18.2 Å². The summed E-state index contributed by atoms with van der Waals surface area (Å²) in [6.45, 7) is 9.94. The molecule has 0 spiro atoms. The minimum atomic E-state index is 0.279. The highest BCUT2D eigenvalue weighted by Crippen LogP contribution is 2.35. The molecule has 1 aliphatic heterocycles. The first-order chi connectivity index (χ1) is 11.8. The van der Waals surface area contributed by atoms with E-state index in [-0.39, 0.29) is 6.79 Å². The smallest absolute Gasteiger partial charge is 0.231 e. The van der Waals surface area contributed by atoms with Gasteiger partial charge in [0.2, 0.25) is 6.79 Å². The van der Waals surface area contributed by atoms with Crippen LogP contribution in [-0.4, -0.2) is 39.8 Å². The number of hydrogen-bond acceptors (Lipinski definition) is 5. The van der Waals surface area contributed by atoms with Crippen LogP contribution in [0.2, 0.25) is 0 Å².